The highest BCUT2D eigenvalue weighted by Crippen LogP contribution is 2.37. The van der Waals surface area contributed by atoms with Gasteiger partial charge in [0.1, 0.15) is 5.75 Å². The predicted octanol–water partition coefficient (Wildman–Crippen LogP) is 4.11. The third-order valence-corrected chi connectivity index (χ3v) is 4.90. The van der Waals surface area contributed by atoms with E-state index >= 15 is 0 Å². The van der Waals surface area contributed by atoms with Crippen molar-refractivity contribution < 1.29 is 4.74 Å². The molecule has 1 unspecified atom stereocenters. The minimum absolute atomic E-state index is 0.128. The molecule has 0 bridgehead atoms. The van der Waals surface area contributed by atoms with Crippen molar-refractivity contribution in [2.75, 3.05) is 33.3 Å². The van der Waals surface area contributed by atoms with Crippen molar-refractivity contribution in [3.05, 3.63) is 63.1 Å². The number of methoxy groups -OCH3 is 1. The molecule has 0 saturated carbocycles. The Morgan fingerprint density at radius 3 is 2.65 bits per heavy atom. The summed E-state index contributed by atoms with van der Waals surface area (Å²) in [5, 5.41) is 4.15. The van der Waals surface area contributed by atoms with Crippen molar-refractivity contribution in [3.63, 3.8) is 0 Å². The van der Waals surface area contributed by atoms with Crippen molar-refractivity contribution in [3.8, 4) is 5.75 Å². The number of nitrogens with one attached hydrogen (secondary N) is 1. The molecule has 1 fully saturated rings. The summed E-state index contributed by atoms with van der Waals surface area (Å²) in [7, 11) is 1.71. The summed E-state index contributed by atoms with van der Waals surface area (Å²) in [5.74, 6) is 0.873. The summed E-state index contributed by atoms with van der Waals surface area (Å²) in [4.78, 5) is 2.48. The number of rotatable bonds is 4. The van der Waals surface area contributed by atoms with Crippen LogP contribution in [0, 0.1) is 0 Å². The van der Waals surface area contributed by atoms with Crippen LogP contribution in [0.25, 0.3) is 0 Å². The smallest absolute Gasteiger partial charge is 0.124 e. The van der Waals surface area contributed by atoms with Crippen molar-refractivity contribution in [1.29, 1.82) is 0 Å². The van der Waals surface area contributed by atoms with Gasteiger partial charge in [-0.1, -0.05) is 39.7 Å². The fourth-order valence-electron chi connectivity index (χ4n) is 3.12. The molecule has 23 heavy (non-hydrogen) atoms. The van der Waals surface area contributed by atoms with Gasteiger partial charge in [0, 0.05) is 41.2 Å². The molecule has 5 heteroatoms. The molecule has 0 aliphatic carbocycles. The van der Waals surface area contributed by atoms with E-state index in [4.69, 9.17) is 16.3 Å². The lowest BCUT2D eigenvalue weighted by molar-refractivity contribution is 0.195. The van der Waals surface area contributed by atoms with Crippen molar-refractivity contribution in [2.24, 2.45) is 0 Å². The van der Waals surface area contributed by atoms with Gasteiger partial charge in [-0.2, -0.15) is 0 Å². The molecule has 3 rings (SSSR count). The van der Waals surface area contributed by atoms with Crippen LogP contribution in [0.3, 0.4) is 0 Å². The molecule has 2 aromatic carbocycles. The lowest BCUT2D eigenvalue weighted by Crippen LogP contribution is -2.45. The molecular weight excluding hydrogens is 376 g/mol. The first-order valence-corrected chi connectivity index (χ1v) is 8.90. The van der Waals surface area contributed by atoms with E-state index in [0.717, 1.165) is 47.0 Å². The number of halogens is 2. The minimum atomic E-state index is 0.128. The summed E-state index contributed by atoms with van der Waals surface area (Å²) in [5.41, 5.74) is 2.35. The van der Waals surface area contributed by atoms with Gasteiger partial charge in [0.2, 0.25) is 0 Å². The fraction of sp³-hybridized carbons (Fsp3) is 0.333. The maximum Gasteiger partial charge on any atom is 0.124 e. The van der Waals surface area contributed by atoms with Crippen molar-refractivity contribution >= 4 is 27.5 Å². The highest BCUT2D eigenvalue weighted by atomic mass is 79.9. The van der Waals surface area contributed by atoms with E-state index < -0.39 is 0 Å². The van der Waals surface area contributed by atoms with Crippen LogP contribution in [0.5, 0.6) is 5.75 Å². The molecule has 0 spiro atoms. The standard InChI is InChI=1S/C18H20BrClN2O/c1-23-17-6-5-15(20)12-16(17)18(22-9-7-21-8-10-22)13-3-2-4-14(19)11-13/h2-6,11-12,18,21H,7-10H2,1H3. The van der Waals surface area contributed by atoms with E-state index in [1.807, 2.05) is 24.3 Å². The second-order valence-electron chi connectivity index (χ2n) is 5.63. The van der Waals surface area contributed by atoms with Crippen LogP contribution >= 0.6 is 27.5 Å². The monoisotopic (exact) mass is 394 g/mol. The highest BCUT2D eigenvalue weighted by Gasteiger charge is 2.26. The predicted molar refractivity (Wildman–Crippen MR) is 98.4 cm³/mol. The molecule has 1 saturated heterocycles. The summed E-state index contributed by atoms with van der Waals surface area (Å²) in [6.45, 7) is 3.97. The SMILES string of the molecule is COc1ccc(Cl)cc1C(c1cccc(Br)c1)N1CCNCC1. The van der Waals surface area contributed by atoms with Crippen LogP contribution in [0.4, 0.5) is 0 Å². The second kappa shape index (κ2) is 7.67. The first-order chi connectivity index (χ1) is 11.2. The Kier molecular flexibility index (Phi) is 5.59. The van der Waals surface area contributed by atoms with Gasteiger partial charge in [-0.3, -0.25) is 4.90 Å². The first kappa shape index (κ1) is 16.8. The van der Waals surface area contributed by atoms with E-state index in [9.17, 15) is 0 Å². The van der Waals surface area contributed by atoms with E-state index in [2.05, 4.69) is 44.3 Å². The van der Waals surface area contributed by atoms with Crippen molar-refractivity contribution in [1.82, 2.24) is 10.2 Å². The Morgan fingerprint density at radius 1 is 1.17 bits per heavy atom. The van der Waals surface area contributed by atoms with Crippen LogP contribution in [0.1, 0.15) is 17.2 Å². The fourth-order valence-corrected chi connectivity index (χ4v) is 3.72. The van der Waals surface area contributed by atoms with E-state index in [0.29, 0.717) is 0 Å². The van der Waals surface area contributed by atoms with Crippen molar-refractivity contribution in [2.45, 2.75) is 6.04 Å². The Hall–Kier alpha value is -1.07. The number of piperazine rings is 1. The molecule has 1 N–H and O–H groups in total. The topological polar surface area (TPSA) is 24.5 Å². The molecular formula is C18H20BrClN2O. The summed E-state index contributed by atoms with van der Waals surface area (Å²) < 4.78 is 6.69. The number of hydrogen-bond donors (Lipinski definition) is 1. The minimum Gasteiger partial charge on any atom is -0.496 e. The zero-order valence-corrected chi connectivity index (χ0v) is 15.4. The van der Waals surface area contributed by atoms with Gasteiger partial charge in [-0.05, 0) is 35.9 Å². The zero-order valence-electron chi connectivity index (χ0n) is 13.1. The molecule has 1 aliphatic heterocycles. The van der Waals surface area contributed by atoms with Gasteiger partial charge >= 0.3 is 0 Å². The van der Waals surface area contributed by atoms with Gasteiger partial charge in [-0.15, -0.1) is 0 Å². The molecule has 0 radical (unpaired) electrons. The maximum atomic E-state index is 6.28. The van der Waals surface area contributed by atoms with Crippen LogP contribution in [-0.4, -0.2) is 38.2 Å². The van der Waals surface area contributed by atoms with Gasteiger partial charge in [-0.25, -0.2) is 0 Å². The average molecular weight is 396 g/mol. The molecule has 122 valence electrons. The van der Waals surface area contributed by atoms with Gasteiger partial charge in [0.15, 0.2) is 0 Å². The first-order valence-electron chi connectivity index (χ1n) is 7.72. The van der Waals surface area contributed by atoms with Crippen LogP contribution in [-0.2, 0) is 0 Å². The molecule has 1 atom stereocenters. The number of hydrogen-bond acceptors (Lipinski definition) is 3. The molecule has 3 nitrogen and oxygen atoms in total. The largest absolute Gasteiger partial charge is 0.496 e. The number of ether oxygens (including phenoxy) is 1. The van der Waals surface area contributed by atoms with Crippen LogP contribution in [0.2, 0.25) is 5.02 Å². The Labute approximate surface area is 150 Å². The summed E-state index contributed by atoms with van der Waals surface area (Å²) in [6.07, 6.45) is 0. The van der Waals surface area contributed by atoms with E-state index in [-0.39, 0.29) is 6.04 Å². The number of benzene rings is 2. The second-order valence-corrected chi connectivity index (χ2v) is 6.98. The summed E-state index contributed by atoms with van der Waals surface area (Å²) in [6, 6.07) is 14.4. The Bertz CT molecular complexity index is 674. The van der Waals surface area contributed by atoms with E-state index in [1.54, 1.807) is 7.11 Å². The van der Waals surface area contributed by atoms with Crippen LogP contribution in [0.15, 0.2) is 46.9 Å². The lowest BCUT2D eigenvalue weighted by Gasteiger charge is -2.36. The average Bonchev–Trinajstić information content (AvgIpc) is 2.56. The maximum absolute atomic E-state index is 6.28. The quantitative estimate of drug-likeness (QED) is 0.843. The molecule has 1 aliphatic rings. The molecule has 0 aromatic heterocycles. The molecule has 0 amide bonds. The molecule has 2 aromatic rings. The number of nitrogens with zero attached hydrogens (tertiary/aromatic N) is 1. The normalized spacial score (nSPS) is 17.0. The Morgan fingerprint density at radius 2 is 1.96 bits per heavy atom. The third-order valence-electron chi connectivity index (χ3n) is 4.17. The van der Waals surface area contributed by atoms with Crippen LogP contribution < -0.4 is 10.1 Å². The third kappa shape index (κ3) is 3.89. The summed E-state index contributed by atoms with van der Waals surface area (Å²) >= 11 is 9.87. The van der Waals surface area contributed by atoms with Gasteiger partial charge < -0.3 is 10.1 Å². The lowest BCUT2D eigenvalue weighted by atomic mass is 9.95. The van der Waals surface area contributed by atoms with Gasteiger partial charge in [0.25, 0.3) is 0 Å². The van der Waals surface area contributed by atoms with E-state index in [1.165, 1.54) is 5.56 Å². The van der Waals surface area contributed by atoms with Gasteiger partial charge in [0.05, 0.1) is 13.2 Å². The Balaban J connectivity index is 2.09. The highest BCUT2D eigenvalue weighted by molar-refractivity contribution is 9.10. The zero-order chi connectivity index (χ0) is 16.2. The molecule has 1 heterocycles.